The van der Waals surface area contributed by atoms with Gasteiger partial charge in [-0.2, -0.15) is 0 Å². The van der Waals surface area contributed by atoms with Crippen molar-refractivity contribution in [2.24, 2.45) is 0 Å². The summed E-state index contributed by atoms with van der Waals surface area (Å²) in [6.07, 6.45) is 2.15. The highest BCUT2D eigenvalue weighted by Crippen LogP contribution is 2.14. The third kappa shape index (κ3) is 5.23. The number of hydrogen-bond acceptors (Lipinski definition) is 4. The van der Waals surface area contributed by atoms with Crippen LogP contribution in [0.1, 0.15) is 12.0 Å². The van der Waals surface area contributed by atoms with E-state index in [-0.39, 0.29) is 5.91 Å². The number of nitrogens with zero attached hydrogens (tertiary/aromatic N) is 4. The topological polar surface area (TPSA) is 39.7 Å². The number of carbonyl (C=O) groups is 1. The molecule has 2 aromatic rings. The minimum absolute atomic E-state index is 0.0992. The highest BCUT2D eigenvalue weighted by atomic mass is 19.1. The molecule has 0 spiro atoms. The van der Waals surface area contributed by atoms with Gasteiger partial charge in [-0.05, 0) is 25.2 Å². The van der Waals surface area contributed by atoms with Crippen molar-refractivity contribution in [1.82, 2.24) is 14.8 Å². The molecule has 1 saturated heterocycles. The number of hydrogen-bond donors (Lipinski definition) is 0. The van der Waals surface area contributed by atoms with Gasteiger partial charge in [0.2, 0.25) is 5.91 Å². The maximum Gasteiger partial charge on any atom is 0.223 e. The summed E-state index contributed by atoms with van der Waals surface area (Å²) in [4.78, 5) is 22.7. The number of benzene rings is 1. The quantitative estimate of drug-likeness (QED) is 0.779. The zero-order chi connectivity index (χ0) is 19.2. The molecular weight excluding hydrogens is 350 g/mol. The Bertz CT molecular complexity index is 764. The lowest BCUT2D eigenvalue weighted by Crippen LogP contribution is -2.49. The molecule has 1 amide bonds. The second-order valence-corrected chi connectivity index (χ2v) is 6.78. The Morgan fingerprint density at radius 1 is 1.15 bits per heavy atom. The van der Waals surface area contributed by atoms with E-state index in [1.54, 1.807) is 6.20 Å². The number of piperazine rings is 1. The first-order chi connectivity index (χ1) is 13.0. The van der Waals surface area contributed by atoms with Crippen molar-refractivity contribution >= 4 is 11.7 Å². The summed E-state index contributed by atoms with van der Waals surface area (Å²) in [7, 11) is 1.83. The van der Waals surface area contributed by atoms with Gasteiger partial charge < -0.3 is 14.7 Å². The van der Waals surface area contributed by atoms with E-state index < -0.39 is 11.6 Å². The Labute approximate surface area is 158 Å². The van der Waals surface area contributed by atoms with E-state index in [9.17, 15) is 13.6 Å². The minimum atomic E-state index is -0.584. The normalized spacial score (nSPS) is 14.7. The molecular formula is C20H24F2N4O. The Hall–Kier alpha value is -2.54. The van der Waals surface area contributed by atoms with Gasteiger partial charge in [0.25, 0.3) is 0 Å². The maximum atomic E-state index is 13.7. The average Bonchev–Trinajstić information content (AvgIpc) is 2.69. The van der Waals surface area contributed by atoms with Gasteiger partial charge in [0, 0.05) is 63.5 Å². The zero-order valence-corrected chi connectivity index (χ0v) is 15.4. The van der Waals surface area contributed by atoms with Crippen LogP contribution in [0.4, 0.5) is 14.6 Å². The predicted octanol–water partition coefficient (Wildman–Crippen LogP) is 2.53. The molecule has 0 aliphatic carbocycles. The molecule has 1 aliphatic heterocycles. The van der Waals surface area contributed by atoms with Crippen LogP contribution < -0.4 is 4.90 Å². The molecule has 3 rings (SSSR count). The Balaban J connectivity index is 1.43. The van der Waals surface area contributed by atoms with Crippen molar-refractivity contribution in [2.75, 3.05) is 44.7 Å². The molecule has 1 aromatic carbocycles. The fourth-order valence-corrected chi connectivity index (χ4v) is 3.19. The van der Waals surface area contributed by atoms with Crippen LogP contribution in [-0.4, -0.2) is 60.5 Å². The summed E-state index contributed by atoms with van der Waals surface area (Å²) in [5.74, 6) is -0.106. The Morgan fingerprint density at radius 3 is 2.59 bits per heavy atom. The molecule has 0 radical (unpaired) electrons. The number of aromatic nitrogens is 1. The monoisotopic (exact) mass is 374 g/mol. The van der Waals surface area contributed by atoms with Gasteiger partial charge in [-0.3, -0.25) is 4.79 Å². The van der Waals surface area contributed by atoms with Gasteiger partial charge in [0.05, 0.1) is 0 Å². The molecule has 0 atom stereocenters. The van der Waals surface area contributed by atoms with E-state index in [0.29, 0.717) is 38.2 Å². The van der Waals surface area contributed by atoms with E-state index in [1.165, 1.54) is 12.1 Å². The van der Waals surface area contributed by atoms with Crippen LogP contribution >= 0.6 is 0 Å². The third-order valence-corrected chi connectivity index (χ3v) is 4.77. The SMILES string of the molecule is CN(CCC(=O)N1CCN(c2ccccn2)CC1)Cc1ccc(F)cc1F. The van der Waals surface area contributed by atoms with Crippen LogP contribution in [0.5, 0.6) is 0 Å². The van der Waals surface area contributed by atoms with Gasteiger partial charge in [0.1, 0.15) is 17.5 Å². The van der Waals surface area contributed by atoms with Gasteiger partial charge in [-0.1, -0.05) is 12.1 Å². The van der Waals surface area contributed by atoms with Crippen molar-refractivity contribution in [3.05, 3.63) is 59.8 Å². The predicted molar refractivity (Wildman–Crippen MR) is 100 cm³/mol. The highest BCUT2D eigenvalue weighted by molar-refractivity contribution is 5.76. The van der Waals surface area contributed by atoms with Crippen molar-refractivity contribution < 1.29 is 13.6 Å². The molecule has 2 heterocycles. The van der Waals surface area contributed by atoms with Gasteiger partial charge >= 0.3 is 0 Å². The molecule has 0 saturated carbocycles. The fraction of sp³-hybridized carbons (Fsp3) is 0.400. The highest BCUT2D eigenvalue weighted by Gasteiger charge is 2.21. The van der Waals surface area contributed by atoms with Crippen LogP contribution in [0.3, 0.4) is 0 Å². The Kier molecular flexibility index (Phi) is 6.34. The first-order valence-electron chi connectivity index (χ1n) is 9.09. The molecule has 1 fully saturated rings. The summed E-state index contributed by atoms with van der Waals surface area (Å²) in [5.41, 5.74) is 0.426. The number of anilines is 1. The molecule has 1 aromatic heterocycles. The van der Waals surface area contributed by atoms with Gasteiger partial charge in [-0.25, -0.2) is 13.8 Å². The van der Waals surface area contributed by atoms with E-state index in [0.717, 1.165) is 25.0 Å². The molecule has 0 N–H and O–H groups in total. The molecule has 0 unspecified atom stereocenters. The van der Waals surface area contributed by atoms with Gasteiger partial charge in [-0.15, -0.1) is 0 Å². The second-order valence-electron chi connectivity index (χ2n) is 6.78. The van der Waals surface area contributed by atoms with Crippen molar-refractivity contribution in [2.45, 2.75) is 13.0 Å². The van der Waals surface area contributed by atoms with E-state index in [4.69, 9.17) is 0 Å². The molecule has 27 heavy (non-hydrogen) atoms. The van der Waals surface area contributed by atoms with Crippen LogP contribution in [0, 0.1) is 11.6 Å². The standard InChI is InChI=1S/C20H24F2N4O/c1-24(15-16-5-6-17(21)14-18(16)22)9-7-20(27)26-12-10-25(11-13-26)19-4-2-3-8-23-19/h2-6,8,14H,7,9-13,15H2,1H3. The van der Waals surface area contributed by atoms with Crippen molar-refractivity contribution in [3.8, 4) is 0 Å². The lowest BCUT2D eigenvalue weighted by molar-refractivity contribution is -0.131. The molecule has 5 nitrogen and oxygen atoms in total. The average molecular weight is 374 g/mol. The van der Waals surface area contributed by atoms with E-state index in [2.05, 4.69) is 9.88 Å². The number of amides is 1. The summed E-state index contributed by atoms with van der Waals surface area (Å²) >= 11 is 0. The number of carbonyl (C=O) groups excluding carboxylic acids is 1. The fourth-order valence-electron chi connectivity index (χ4n) is 3.19. The van der Waals surface area contributed by atoms with Crippen molar-refractivity contribution in [1.29, 1.82) is 0 Å². The lowest BCUT2D eigenvalue weighted by Gasteiger charge is -2.35. The first kappa shape index (κ1) is 19.2. The van der Waals surface area contributed by atoms with E-state index in [1.807, 2.05) is 35.0 Å². The number of rotatable bonds is 6. The molecule has 1 aliphatic rings. The summed E-state index contributed by atoms with van der Waals surface area (Å²) in [5, 5.41) is 0. The molecule has 0 bridgehead atoms. The summed E-state index contributed by atoms with van der Waals surface area (Å²) in [6.45, 7) is 3.74. The van der Waals surface area contributed by atoms with Crippen LogP contribution in [-0.2, 0) is 11.3 Å². The summed E-state index contributed by atoms with van der Waals surface area (Å²) < 4.78 is 26.7. The molecule has 144 valence electrons. The zero-order valence-electron chi connectivity index (χ0n) is 15.4. The second kappa shape index (κ2) is 8.90. The summed E-state index contributed by atoms with van der Waals surface area (Å²) in [6, 6.07) is 9.39. The smallest absolute Gasteiger partial charge is 0.223 e. The maximum absolute atomic E-state index is 13.7. The van der Waals surface area contributed by atoms with Crippen LogP contribution in [0.15, 0.2) is 42.6 Å². The third-order valence-electron chi connectivity index (χ3n) is 4.77. The number of pyridine rings is 1. The van der Waals surface area contributed by atoms with E-state index >= 15 is 0 Å². The van der Waals surface area contributed by atoms with Gasteiger partial charge in [0.15, 0.2) is 0 Å². The molecule has 7 heteroatoms. The van der Waals surface area contributed by atoms with Crippen LogP contribution in [0.2, 0.25) is 0 Å². The first-order valence-corrected chi connectivity index (χ1v) is 9.09. The largest absolute Gasteiger partial charge is 0.353 e. The van der Waals surface area contributed by atoms with Crippen LogP contribution in [0.25, 0.3) is 0 Å². The minimum Gasteiger partial charge on any atom is -0.353 e. The van der Waals surface area contributed by atoms with Crippen molar-refractivity contribution in [3.63, 3.8) is 0 Å². The lowest BCUT2D eigenvalue weighted by atomic mass is 10.2. The number of halogens is 2. The Morgan fingerprint density at radius 2 is 1.93 bits per heavy atom.